The molecule has 1 heterocycles. The average Bonchev–Trinajstić information content (AvgIpc) is 2.48. The molecule has 0 spiro atoms. The topological polar surface area (TPSA) is 85.1 Å². The first kappa shape index (κ1) is 10.0. The van der Waals surface area contributed by atoms with E-state index in [0.717, 1.165) is 36.8 Å². The van der Waals surface area contributed by atoms with Crippen molar-refractivity contribution in [1.82, 2.24) is 4.98 Å². The molecular formula is C8H9N3O3S. The fraction of sp³-hybridized carbons (Fsp3) is 0.500. The van der Waals surface area contributed by atoms with Crippen molar-refractivity contribution >= 4 is 27.4 Å². The van der Waals surface area contributed by atoms with Crippen LogP contribution >= 0.6 is 11.3 Å². The molecule has 0 unspecified atom stereocenters. The van der Waals surface area contributed by atoms with Crippen LogP contribution in [0.15, 0.2) is 6.20 Å². The van der Waals surface area contributed by atoms with E-state index < -0.39 is 4.92 Å². The van der Waals surface area contributed by atoms with Crippen LogP contribution in [0, 0.1) is 16.0 Å². The number of anilines is 1. The second-order valence-electron chi connectivity index (χ2n) is 3.38. The molecule has 0 aromatic carbocycles. The van der Waals surface area contributed by atoms with Gasteiger partial charge in [0.15, 0.2) is 5.13 Å². The van der Waals surface area contributed by atoms with Crippen molar-refractivity contribution in [1.29, 1.82) is 0 Å². The second-order valence-corrected chi connectivity index (χ2v) is 4.39. The molecule has 15 heavy (non-hydrogen) atoms. The molecule has 0 aliphatic heterocycles. The number of hydrogen-bond acceptors (Lipinski definition) is 5. The summed E-state index contributed by atoms with van der Waals surface area (Å²) in [5, 5.41) is 13.2. The normalized spacial score (nSPS) is 15.7. The lowest BCUT2D eigenvalue weighted by Gasteiger charge is -2.23. The maximum absolute atomic E-state index is 11.5. The van der Waals surface area contributed by atoms with Crippen molar-refractivity contribution in [3.63, 3.8) is 0 Å². The van der Waals surface area contributed by atoms with Crippen molar-refractivity contribution in [3.8, 4) is 0 Å². The van der Waals surface area contributed by atoms with E-state index in [1.807, 2.05) is 0 Å². The average molecular weight is 227 g/mol. The molecule has 0 saturated heterocycles. The number of nitrogens with zero attached hydrogens (tertiary/aromatic N) is 2. The van der Waals surface area contributed by atoms with Crippen LogP contribution in [-0.2, 0) is 4.79 Å². The van der Waals surface area contributed by atoms with Gasteiger partial charge in [-0.05, 0) is 24.2 Å². The lowest BCUT2D eigenvalue weighted by atomic mass is 9.85. The maximum atomic E-state index is 11.5. The van der Waals surface area contributed by atoms with E-state index in [4.69, 9.17) is 0 Å². The number of nitrogens with one attached hydrogen (secondary N) is 1. The zero-order chi connectivity index (χ0) is 10.8. The Labute approximate surface area is 89.5 Å². The van der Waals surface area contributed by atoms with Crippen LogP contribution in [-0.4, -0.2) is 15.8 Å². The zero-order valence-electron chi connectivity index (χ0n) is 7.80. The molecule has 1 aromatic heterocycles. The Bertz CT molecular complexity index is 400. The molecule has 1 fully saturated rings. The fourth-order valence-corrected chi connectivity index (χ4v) is 1.92. The number of rotatable bonds is 3. The molecule has 0 atom stereocenters. The predicted octanol–water partition coefficient (Wildman–Crippen LogP) is 1.79. The van der Waals surface area contributed by atoms with Gasteiger partial charge in [0.25, 0.3) is 0 Å². The van der Waals surface area contributed by atoms with Crippen LogP contribution in [0.1, 0.15) is 19.3 Å². The molecule has 0 radical (unpaired) electrons. The summed E-state index contributed by atoms with van der Waals surface area (Å²) in [7, 11) is 0. The third-order valence-electron chi connectivity index (χ3n) is 2.38. The summed E-state index contributed by atoms with van der Waals surface area (Å²) in [6.07, 6.45) is 4.04. The molecule has 6 nitrogen and oxygen atoms in total. The second kappa shape index (κ2) is 3.93. The van der Waals surface area contributed by atoms with Crippen LogP contribution < -0.4 is 5.32 Å². The van der Waals surface area contributed by atoms with Gasteiger partial charge in [-0.1, -0.05) is 6.42 Å². The Kier molecular flexibility index (Phi) is 2.63. The van der Waals surface area contributed by atoms with Gasteiger partial charge in [0, 0.05) is 5.92 Å². The van der Waals surface area contributed by atoms with Crippen molar-refractivity contribution in [2.45, 2.75) is 19.3 Å². The van der Waals surface area contributed by atoms with Crippen LogP contribution in [0.4, 0.5) is 10.1 Å². The van der Waals surface area contributed by atoms with Crippen molar-refractivity contribution in [2.75, 3.05) is 5.32 Å². The lowest BCUT2D eigenvalue weighted by Crippen LogP contribution is -2.27. The highest BCUT2D eigenvalue weighted by Gasteiger charge is 2.26. The molecule has 80 valence electrons. The molecule has 1 amide bonds. The van der Waals surface area contributed by atoms with Gasteiger partial charge in [0.05, 0.1) is 4.92 Å². The smallest absolute Gasteiger partial charge is 0.302 e. The summed E-state index contributed by atoms with van der Waals surface area (Å²) in [6.45, 7) is 0. The van der Waals surface area contributed by atoms with Crippen molar-refractivity contribution in [2.24, 2.45) is 5.92 Å². The Morgan fingerprint density at radius 2 is 2.40 bits per heavy atom. The van der Waals surface area contributed by atoms with Gasteiger partial charge in [0.2, 0.25) is 5.91 Å². The fourth-order valence-electron chi connectivity index (χ4n) is 1.29. The number of carbonyl (C=O) groups is 1. The number of nitro groups is 1. The molecule has 2 rings (SSSR count). The molecule has 1 saturated carbocycles. The Balaban J connectivity index is 1.97. The van der Waals surface area contributed by atoms with E-state index in [2.05, 4.69) is 10.3 Å². The quantitative estimate of drug-likeness (QED) is 0.630. The van der Waals surface area contributed by atoms with E-state index in [1.165, 1.54) is 0 Å². The molecule has 0 bridgehead atoms. The minimum atomic E-state index is -0.517. The number of aromatic nitrogens is 1. The SMILES string of the molecule is O=C(Nc1ncc([N+](=O)[O-])s1)C1CCC1. The van der Waals surface area contributed by atoms with E-state index in [0.29, 0.717) is 5.13 Å². The van der Waals surface area contributed by atoms with Gasteiger partial charge in [-0.2, -0.15) is 0 Å². The first-order valence-corrected chi connectivity index (χ1v) is 5.39. The van der Waals surface area contributed by atoms with Crippen molar-refractivity contribution < 1.29 is 9.72 Å². The van der Waals surface area contributed by atoms with Gasteiger partial charge in [-0.3, -0.25) is 14.9 Å². The molecule has 1 aliphatic rings. The van der Waals surface area contributed by atoms with Crippen LogP contribution in [0.25, 0.3) is 0 Å². The van der Waals surface area contributed by atoms with Gasteiger partial charge in [0.1, 0.15) is 6.20 Å². The summed E-state index contributed by atoms with van der Waals surface area (Å²) in [4.78, 5) is 25.1. The Morgan fingerprint density at radius 1 is 1.67 bits per heavy atom. The molecule has 1 aliphatic carbocycles. The Morgan fingerprint density at radius 3 is 2.87 bits per heavy atom. The van der Waals surface area contributed by atoms with Gasteiger partial charge in [-0.25, -0.2) is 4.98 Å². The highest BCUT2D eigenvalue weighted by Crippen LogP contribution is 2.29. The van der Waals surface area contributed by atoms with Crippen LogP contribution in [0.2, 0.25) is 0 Å². The van der Waals surface area contributed by atoms with E-state index >= 15 is 0 Å². The zero-order valence-corrected chi connectivity index (χ0v) is 8.62. The first-order valence-electron chi connectivity index (χ1n) is 4.58. The third-order valence-corrected chi connectivity index (χ3v) is 3.24. The first-order chi connectivity index (χ1) is 7.16. The summed E-state index contributed by atoms with van der Waals surface area (Å²) in [5.74, 6) is -0.0153. The highest BCUT2D eigenvalue weighted by atomic mass is 32.1. The van der Waals surface area contributed by atoms with Gasteiger partial charge in [-0.15, -0.1) is 0 Å². The molecular weight excluding hydrogens is 218 g/mol. The minimum absolute atomic E-state index is 0.0566. The van der Waals surface area contributed by atoms with Crippen LogP contribution in [0.5, 0.6) is 0 Å². The van der Waals surface area contributed by atoms with Crippen LogP contribution in [0.3, 0.4) is 0 Å². The standard InChI is InChI=1S/C8H9N3O3S/c12-7(5-2-1-3-5)10-8-9-4-6(15-8)11(13)14/h4-5H,1-3H2,(H,9,10,12). The number of thiazole rings is 1. The monoisotopic (exact) mass is 227 g/mol. The Hall–Kier alpha value is -1.50. The summed E-state index contributed by atoms with van der Waals surface area (Å²) >= 11 is 0.879. The predicted molar refractivity (Wildman–Crippen MR) is 54.7 cm³/mol. The summed E-state index contributed by atoms with van der Waals surface area (Å²) < 4.78 is 0. The van der Waals surface area contributed by atoms with Gasteiger partial charge < -0.3 is 5.32 Å². The molecule has 1 N–H and O–H groups in total. The molecule has 7 heteroatoms. The third kappa shape index (κ3) is 2.12. The maximum Gasteiger partial charge on any atom is 0.345 e. The number of hydrogen-bond donors (Lipinski definition) is 1. The minimum Gasteiger partial charge on any atom is -0.302 e. The van der Waals surface area contributed by atoms with E-state index in [1.54, 1.807) is 0 Å². The number of amides is 1. The molecule has 1 aromatic rings. The van der Waals surface area contributed by atoms with E-state index in [9.17, 15) is 14.9 Å². The highest BCUT2D eigenvalue weighted by molar-refractivity contribution is 7.18. The number of carbonyl (C=O) groups excluding carboxylic acids is 1. The largest absolute Gasteiger partial charge is 0.345 e. The summed E-state index contributed by atoms with van der Waals surface area (Å²) in [6, 6.07) is 0. The van der Waals surface area contributed by atoms with Gasteiger partial charge >= 0.3 is 5.00 Å². The van der Waals surface area contributed by atoms with E-state index in [-0.39, 0.29) is 16.8 Å². The van der Waals surface area contributed by atoms with Crippen molar-refractivity contribution in [3.05, 3.63) is 16.3 Å². The lowest BCUT2D eigenvalue weighted by molar-refractivity contribution is -0.380. The summed E-state index contributed by atoms with van der Waals surface area (Å²) in [5.41, 5.74) is 0.